The lowest BCUT2D eigenvalue weighted by Crippen LogP contribution is -2.20. The fourth-order valence-corrected chi connectivity index (χ4v) is 2.78. The smallest absolute Gasteiger partial charge is 0.216 e. The van der Waals surface area contributed by atoms with E-state index in [-0.39, 0.29) is 5.91 Å². The second-order valence-electron chi connectivity index (χ2n) is 5.40. The van der Waals surface area contributed by atoms with E-state index in [2.05, 4.69) is 72.1 Å². The summed E-state index contributed by atoms with van der Waals surface area (Å²) in [5, 5.41) is 2.85. The molecule has 2 nitrogen and oxygen atoms in total. The van der Waals surface area contributed by atoms with Gasteiger partial charge in [0.1, 0.15) is 0 Å². The Morgan fingerprint density at radius 3 is 2.05 bits per heavy atom. The lowest BCUT2D eigenvalue weighted by molar-refractivity contribution is -0.118. The van der Waals surface area contributed by atoms with Crippen LogP contribution in [-0.2, 0) is 4.79 Å². The number of hydrogen-bond acceptors (Lipinski definition) is 1. The van der Waals surface area contributed by atoms with Gasteiger partial charge in [0.05, 0.1) is 0 Å². The first-order valence-corrected chi connectivity index (χ1v) is 7.57. The van der Waals surface area contributed by atoms with Crippen molar-refractivity contribution in [1.82, 2.24) is 5.32 Å². The average molecular weight is 289 g/mol. The summed E-state index contributed by atoms with van der Waals surface area (Å²) in [4.78, 5) is 11.0. The lowest BCUT2D eigenvalue weighted by atomic mass is 9.93. The van der Waals surface area contributed by atoms with E-state index < -0.39 is 0 Å². The van der Waals surface area contributed by atoms with E-state index in [1.165, 1.54) is 27.8 Å². The topological polar surface area (TPSA) is 29.1 Å². The van der Waals surface area contributed by atoms with Crippen LogP contribution in [0.1, 0.15) is 35.6 Å². The summed E-state index contributed by atoms with van der Waals surface area (Å²) in [6, 6.07) is 16.9. The summed E-state index contributed by atoms with van der Waals surface area (Å²) < 4.78 is 0. The van der Waals surface area contributed by atoms with Crippen LogP contribution in [0.5, 0.6) is 0 Å². The second-order valence-corrected chi connectivity index (χ2v) is 5.40. The van der Waals surface area contributed by atoms with Crippen LogP contribution < -0.4 is 5.32 Å². The minimum Gasteiger partial charge on any atom is -0.356 e. The first-order valence-electron chi connectivity index (χ1n) is 7.57. The van der Waals surface area contributed by atoms with Crippen molar-refractivity contribution < 1.29 is 4.79 Å². The highest BCUT2D eigenvalue weighted by atomic mass is 16.1. The molecule has 1 amide bonds. The predicted molar refractivity (Wildman–Crippen MR) is 92.2 cm³/mol. The summed E-state index contributed by atoms with van der Waals surface area (Å²) in [7, 11) is 0. The summed E-state index contributed by atoms with van der Waals surface area (Å²) >= 11 is 0. The molecule has 3 rings (SSSR count). The van der Waals surface area contributed by atoms with Crippen molar-refractivity contribution in [3.8, 4) is 0 Å². The summed E-state index contributed by atoms with van der Waals surface area (Å²) in [5.74, 6) is 0.0155. The standard InChI is InChI=1S/C20H19NO/c1-15(22)21-14-6-11-20-18-9-4-2-7-16(18)12-13-17-8-3-5-10-19(17)20/h2-5,7-13H,6,14H2,1H3,(H,21,22). The maximum absolute atomic E-state index is 11.0. The molecule has 0 unspecified atom stereocenters. The average Bonchev–Trinajstić information content (AvgIpc) is 2.69. The number of hydrogen-bond donors (Lipinski definition) is 1. The van der Waals surface area contributed by atoms with Gasteiger partial charge in [-0.2, -0.15) is 0 Å². The van der Waals surface area contributed by atoms with Crippen LogP contribution in [0.4, 0.5) is 0 Å². The molecule has 0 radical (unpaired) electrons. The van der Waals surface area contributed by atoms with Crippen LogP contribution in [0.15, 0.2) is 54.6 Å². The van der Waals surface area contributed by atoms with Gasteiger partial charge in [0.15, 0.2) is 0 Å². The number of benzene rings is 2. The van der Waals surface area contributed by atoms with Crippen molar-refractivity contribution >= 4 is 23.6 Å². The van der Waals surface area contributed by atoms with E-state index in [0.29, 0.717) is 6.54 Å². The van der Waals surface area contributed by atoms with Gasteiger partial charge in [0.25, 0.3) is 0 Å². The predicted octanol–water partition coefficient (Wildman–Crippen LogP) is 4.13. The minimum atomic E-state index is 0.0155. The fraction of sp³-hybridized carbons (Fsp3) is 0.150. The molecule has 0 saturated heterocycles. The number of rotatable bonds is 3. The first-order chi connectivity index (χ1) is 10.8. The molecule has 0 heterocycles. The highest BCUT2D eigenvalue weighted by Crippen LogP contribution is 2.33. The Morgan fingerprint density at radius 2 is 1.50 bits per heavy atom. The molecule has 0 spiro atoms. The van der Waals surface area contributed by atoms with Crippen molar-refractivity contribution in [3.05, 3.63) is 76.9 Å². The van der Waals surface area contributed by atoms with Gasteiger partial charge in [-0.15, -0.1) is 0 Å². The van der Waals surface area contributed by atoms with E-state index in [4.69, 9.17) is 0 Å². The van der Waals surface area contributed by atoms with Gasteiger partial charge in [-0.05, 0) is 34.2 Å². The summed E-state index contributed by atoms with van der Waals surface area (Å²) in [6.07, 6.45) is 7.38. The van der Waals surface area contributed by atoms with Crippen molar-refractivity contribution in [3.63, 3.8) is 0 Å². The Balaban J connectivity index is 2.01. The van der Waals surface area contributed by atoms with E-state index in [9.17, 15) is 4.79 Å². The third-order valence-electron chi connectivity index (χ3n) is 3.81. The zero-order valence-corrected chi connectivity index (χ0v) is 12.7. The largest absolute Gasteiger partial charge is 0.356 e. The lowest BCUT2D eigenvalue weighted by Gasteiger charge is -2.12. The van der Waals surface area contributed by atoms with Gasteiger partial charge < -0.3 is 5.32 Å². The number of fused-ring (bicyclic) bond motifs is 2. The molecule has 1 N–H and O–H groups in total. The van der Waals surface area contributed by atoms with Gasteiger partial charge >= 0.3 is 0 Å². The molecule has 1 aliphatic rings. The maximum Gasteiger partial charge on any atom is 0.216 e. The minimum absolute atomic E-state index is 0.0155. The molecule has 22 heavy (non-hydrogen) atoms. The number of carbonyl (C=O) groups is 1. The third kappa shape index (κ3) is 3.01. The van der Waals surface area contributed by atoms with Gasteiger partial charge in [-0.3, -0.25) is 4.79 Å². The number of carbonyl (C=O) groups excluding carboxylic acids is 1. The SMILES string of the molecule is CC(=O)NCCC=C1c2ccccc2C=Cc2ccccc21. The van der Waals surface area contributed by atoms with E-state index in [1.807, 2.05) is 0 Å². The second kappa shape index (κ2) is 6.44. The van der Waals surface area contributed by atoms with Crippen LogP contribution in [0.25, 0.3) is 17.7 Å². The molecule has 2 aromatic carbocycles. The van der Waals surface area contributed by atoms with Crippen molar-refractivity contribution in [2.45, 2.75) is 13.3 Å². The molecule has 0 fully saturated rings. The van der Waals surface area contributed by atoms with Gasteiger partial charge in [0, 0.05) is 13.5 Å². The molecule has 2 heteroatoms. The van der Waals surface area contributed by atoms with Crippen molar-refractivity contribution in [2.75, 3.05) is 6.54 Å². The molecule has 0 saturated carbocycles. The zero-order valence-electron chi connectivity index (χ0n) is 12.7. The Kier molecular flexibility index (Phi) is 4.19. The van der Waals surface area contributed by atoms with Crippen LogP contribution in [-0.4, -0.2) is 12.5 Å². The molecule has 2 aromatic rings. The van der Waals surface area contributed by atoms with Gasteiger partial charge in [-0.25, -0.2) is 0 Å². The monoisotopic (exact) mass is 289 g/mol. The Bertz CT molecular complexity index is 704. The molecule has 0 aliphatic heterocycles. The molecule has 110 valence electrons. The van der Waals surface area contributed by atoms with Crippen molar-refractivity contribution in [2.24, 2.45) is 0 Å². The fourth-order valence-electron chi connectivity index (χ4n) is 2.78. The number of nitrogens with one attached hydrogen (secondary N) is 1. The van der Waals surface area contributed by atoms with Gasteiger partial charge in [-0.1, -0.05) is 66.8 Å². The van der Waals surface area contributed by atoms with Crippen LogP contribution in [0.2, 0.25) is 0 Å². The molecule has 0 aromatic heterocycles. The van der Waals surface area contributed by atoms with E-state index in [0.717, 1.165) is 6.42 Å². The van der Waals surface area contributed by atoms with E-state index >= 15 is 0 Å². The summed E-state index contributed by atoms with van der Waals surface area (Å²) in [6.45, 7) is 2.21. The zero-order chi connectivity index (χ0) is 15.4. The third-order valence-corrected chi connectivity index (χ3v) is 3.81. The first kappa shape index (κ1) is 14.3. The Labute approximate surface area is 131 Å². The van der Waals surface area contributed by atoms with E-state index in [1.54, 1.807) is 6.92 Å². The summed E-state index contributed by atoms with van der Waals surface area (Å²) in [5.41, 5.74) is 6.17. The molecular formula is C20H19NO. The Morgan fingerprint density at radius 1 is 0.955 bits per heavy atom. The molecule has 0 atom stereocenters. The Hall–Kier alpha value is -2.61. The van der Waals surface area contributed by atoms with Crippen LogP contribution in [0, 0.1) is 0 Å². The van der Waals surface area contributed by atoms with Crippen LogP contribution in [0.3, 0.4) is 0 Å². The highest BCUT2D eigenvalue weighted by molar-refractivity contribution is 5.93. The van der Waals surface area contributed by atoms with Gasteiger partial charge in [0.2, 0.25) is 5.91 Å². The quantitative estimate of drug-likeness (QED) is 0.722. The van der Waals surface area contributed by atoms with Crippen molar-refractivity contribution in [1.29, 1.82) is 0 Å². The number of amides is 1. The molecule has 1 aliphatic carbocycles. The van der Waals surface area contributed by atoms with Crippen LogP contribution >= 0.6 is 0 Å². The molecular weight excluding hydrogens is 270 g/mol. The maximum atomic E-state index is 11.0. The normalized spacial score (nSPS) is 12.1. The highest BCUT2D eigenvalue weighted by Gasteiger charge is 2.13. The molecule has 0 bridgehead atoms.